The molecule has 0 atom stereocenters. The van der Waals surface area contributed by atoms with Crippen molar-refractivity contribution in [1.82, 2.24) is 10.9 Å². The van der Waals surface area contributed by atoms with E-state index in [1.165, 1.54) is 20.3 Å². The molecule has 2 aromatic carbocycles. The second kappa shape index (κ2) is 8.89. The molecule has 7 heteroatoms. The summed E-state index contributed by atoms with van der Waals surface area (Å²) in [5, 5.41) is 0. The van der Waals surface area contributed by atoms with Crippen LogP contribution >= 0.6 is 15.9 Å². The van der Waals surface area contributed by atoms with Gasteiger partial charge in [0.05, 0.1) is 14.2 Å². The molecular formula is C18H17BrN2O4. The van der Waals surface area contributed by atoms with Gasteiger partial charge in [-0.1, -0.05) is 34.1 Å². The second-order valence-corrected chi connectivity index (χ2v) is 5.75. The average molecular weight is 405 g/mol. The minimum atomic E-state index is -0.486. The Labute approximate surface area is 153 Å². The van der Waals surface area contributed by atoms with Crippen molar-refractivity contribution in [2.45, 2.75) is 0 Å². The van der Waals surface area contributed by atoms with E-state index in [9.17, 15) is 9.59 Å². The summed E-state index contributed by atoms with van der Waals surface area (Å²) in [5.41, 5.74) is 5.81. The summed E-state index contributed by atoms with van der Waals surface area (Å²) in [4.78, 5) is 24.0. The van der Waals surface area contributed by atoms with E-state index in [4.69, 9.17) is 9.47 Å². The summed E-state index contributed by atoms with van der Waals surface area (Å²) < 4.78 is 11.1. The fraction of sp³-hybridized carbons (Fsp3) is 0.111. The maximum atomic E-state index is 12.1. The monoisotopic (exact) mass is 404 g/mol. The topological polar surface area (TPSA) is 76.7 Å². The van der Waals surface area contributed by atoms with Crippen molar-refractivity contribution in [2.24, 2.45) is 0 Å². The number of halogens is 1. The third kappa shape index (κ3) is 5.36. The molecule has 0 aliphatic carbocycles. The first-order valence-electron chi connectivity index (χ1n) is 7.29. The van der Waals surface area contributed by atoms with Crippen molar-refractivity contribution < 1.29 is 19.1 Å². The molecule has 2 amide bonds. The van der Waals surface area contributed by atoms with Crippen LogP contribution in [0.2, 0.25) is 0 Å². The van der Waals surface area contributed by atoms with Crippen LogP contribution in [0.15, 0.2) is 53.0 Å². The fourth-order valence-electron chi connectivity index (χ4n) is 1.95. The number of hydrazine groups is 1. The Hall–Kier alpha value is -2.80. The first kappa shape index (κ1) is 18.5. The molecule has 0 spiro atoms. The Balaban J connectivity index is 1.97. The standard InChI is InChI=1S/C18H17BrN2O4/c1-24-14-9-13(10-15(11-14)25-2)18(23)21-20-17(22)8-7-12-5-3-4-6-16(12)19/h3-11H,1-2H3,(H,20,22)(H,21,23)/b8-7+. The lowest BCUT2D eigenvalue weighted by molar-refractivity contribution is -0.117. The number of carbonyl (C=O) groups excluding carboxylic acids is 2. The molecule has 2 rings (SSSR count). The zero-order chi connectivity index (χ0) is 18.2. The van der Waals surface area contributed by atoms with Gasteiger partial charge in [-0.3, -0.25) is 20.4 Å². The van der Waals surface area contributed by atoms with Crippen molar-refractivity contribution in [3.05, 3.63) is 64.1 Å². The zero-order valence-corrected chi connectivity index (χ0v) is 15.3. The van der Waals surface area contributed by atoms with E-state index < -0.39 is 11.8 Å². The zero-order valence-electron chi connectivity index (χ0n) is 13.7. The molecule has 0 fully saturated rings. The van der Waals surface area contributed by atoms with Crippen LogP contribution in [0.5, 0.6) is 11.5 Å². The molecule has 0 saturated heterocycles. The van der Waals surface area contributed by atoms with Gasteiger partial charge in [-0.05, 0) is 29.8 Å². The molecule has 2 N–H and O–H groups in total. The molecule has 130 valence electrons. The van der Waals surface area contributed by atoms with Gasteiger partial charge in [-0.15, -0.1) is 0 Å². The number of methoxy groups -OCH3 is 2. The number of benzene rings is 2. The number of ether oxygens (including phenoxy) is 2. The Morgan fingerprint density at radius 2 is 1.64 bits per heavy atom. The average Bonchev–Trinajstić information content (AvgIpc) is 2.64. The molecule has 0 saturated carbocycles. The van der Waals surface area contributed by atoms with Crippen molar-refractivity contribution in [3.63, 3.8) is 0 Å². The maximum absolute atomic E-state index is 12.1. The Morgan fingerprint density at radius 1 is 1.00 bits per heavy atom. The first-order valence-corrected chi connectivity index (χ1v) is 8.09. The summed E-state index contributed by atoms with van der Waals surface area (Å²) in [7, 11) is 2.98. The van der Waals surface area contributed by atoms with E-state index in [1.807, 2.05) is 24.3 Å². The van der Waals surface area contributed by atoms with Gasteiger partial charge in [0.2, 0.25) is 0 Å². The minimum Gasteiger partial charge on any atom is -0.497 e. The van der Waals surface area contributed by atoms with E-state index in [2.05, 4.69) is 26.8 Å². The van der Waals surface area contributed by atoms with Crippen LogP contribution in [0.3, 0.4) is 0 Å². The molecular weight excluding hydrogens is 388 g/mol. The molecule has 0 aromatic heterocycles. The normalized spacial score (nSPS) is 10.4. The molecule has 0 aliphatic heterocycles. The van der Waals surface area contributed by atoms with Gasteiger partial charge in [0.25, 0.3) is 11.8 Å². The Bertz CT molecular complexity index is 783. The smallest absolute Gasteiger partial charge is 0.269 e. The summed E-state index contributed by atoms with van der Waals surface area (Å²) >= 11 is 3.39. The van der Waals surface area contributed by atoms with Gasteiger partial charge in [0.1, 0.15) is 11.5 Å². The summed E-state index contributed by atoms with van der Waals surface area (Å²) in [6.07, 6.45) is 2.96. The lowest BCUT2D eigenvalue weighted by Crippen LogP contribution is -2.40. The number of carbonyl (C=O) groups is 2. The largest absolute Gasteiger partial charge is 0.497 e. The third-order valence-corrected chi connectivity index (χ3v) is 3.95. The van der Waals surface area contributed by atoms with Crippen LogP contribution in [-0.4, -0.2) is 26.0 Å². The third-order valence-electron chi connectivity index (χ3n) is 3.23. The van der Waals surface area contributed by atoms with E-state index in [-0.39, 0.29) is 0 Å². The summed E-state index contributed by atoms with van der Waals surface area (Å²) in [5.74, 6) is 0.00751. The molecule has 0 unspecified atom stereocenters. The molecule has 25 heavy (non-hydrogen) atoms. The molecule has 0 aliphatic rings. The van der Waals surface area contributed by atoms with Crippen LogP contribution in [0, 0.1) is 0 Å². The lowest BCUT2D eigenvalue weighted by Gasteiger charge is -2.09. The van der Waals surface area contributed by atoms with Gasteiger partial charge >= 0.3 is 0 Å². The van der Waals surface area contributed by atoms with Crippen molar-refractivity contribution >= 4 is 33.8 Å². The SMILES string of the molecule is COc1cc(OC)cc(C(=O)NNC(=O)/C=C/c2ccccc2Br)c1. The Morgan fingerprint density at radius 3 is 2.24 bits per heavy atom. The highest BCUT2D eigenvalue weighted by atomic mass is 79.9. The fourth-order valence-corrected chi connectivity index (χ4v) is 2.36. The van der Waals surface area contributed by atoms with Gasteiger partial charge in [0.15, 0.2) is 0 Å². The molecule has 0 radical (unpaired) electrons. The second-order valence-electron chi connectivity index (χ2n) is 4.90. The van der Waals surface area contributed by atoms with Crippen molar-refractivity contribution in [3.8, 4) is 11.5 Å². The Kier molecular flexibility index (Phi) is 6.59. The molecule has 6 nitrogen and oxygen atoms in total. The first-order chi connectivity index (χ1) is 12.0. The van der Waals surface area contributed by atoms with Crippen molar-refractivity contribution in [1.29, 1.82) is 0 Å². The quantitative estimate of drug-likeness (QED) is 0.593. The highest BCUT2D eigenvalue weighted by Crippen LogP contribution is 2.22. The lowest BCUT2D eigenvalue weighted by atomic mass is 10.2. The van der Waals surface area contributed by atoms with Crippen LogP contribution < -0.4 is 20.3 Å². The minimum absolute atomic E-state index is 0.297. The van der Waals surface area contributed by atoms with Gasteiger partial charge in [0, 0.05) is 22.2 Å². The van der Waals surface area contributed by atoms with Crippen LogP contribution in [0.1, 0.15) is 15.9 Å². The number of hydrogen-bond donors (Lipinski definition) is 2. The van der Waals surface area contributed by atoms with E-state index in [1.54, 1.807) is 24.3 Å². The van der Waals surface area contributed by atoms with E-state index in [0.29, 0.717) is 17.1 Å². The number of nitrogens with one attached hydrogen (secondary N) is 2. The molecule has 2 aromatic rings. The number of rotatable bonds is 5. The highest BCUT2D eigenvalue weighted by Gasteiger charge is 2.10. The van der Waals surface area contributed by atoms with E-state index >= 15 is 0 Å². The maximum Gasteiger partial charge on any atom is 0.269 e. The summed E-state index contributed by atoms with van der Waals surface area (Å²) in [6, 6.07) is 12.2. The van der Waals surface area contributed by atoms with E-state index in [0.717, 1.165) is 10.0 Å². The number of hydrogen-bond acceptors (Lipinski definition) is 4. The van der Waals surface area contributed by atoms with Crippen molar-refractivity contribution in [2.75, 3.05) is 14.2 Å². The highest BCUT2D eigenvalue weighted by molar-refractivity contribution is 9.10. The van der Waals surface area contributed by atoms with Crippen LogP contribution in [-0.2, 0) is 4.79 Å². The van der Waals surface area contributed by atoms with Crippen LogP contribution in [0.4, 0.5) is 0 Å². The van der Waals surface area contributed by atoms with Gasteiger partial charge < -0.3 is 9.47 Å². The van der Waals surface area contributed by atoms with Gasteiger partial charge in [-0.2, -0.15) is 0 Å². The predicted octanol–water partition coefficient (Wildman–Crippen LogP) is 2.94. The van der Waals surface area contributed by atoms with Crippen LogP contribution in [0.25, 0.3) is 6.08 Å². The molecule has 0 bridgehead atoms. The molecule has 0 heterocycles. The summed E-state index contributed by atoms with van der Waals surface area (Å²) in [6.45, 7) is 0. The van der Waals surface area contributed by atoms with Gasteiger partial charge in [-0.25, -0.2) is 0 Å². The predicted molar refractivity (Wildman–Crippen MR) is 98.3 cm³/mol. The number of amides is 2.